The number of likely N-dealkylation sites (tertiary alicyclic amines) is 1. The molecule has 1 saturated heterocycles. The van der Waals surface area contributed by atoms with Crippen LogP contribution in [0.25, 0.3) is 0 Å². The fourth-order valence-corrected chi connectivity index (χ4v) is 2.19. The van der Waals surface area contributed by atoms with Crippen LogP contribution in [0.2, 0.25) is 0 Å². The van der Waals surface area contributed by atoms with Crippen molar-refractivity contribution in [3.8, 4) is 0 Å². The third kappa shape index (κ3) is 4.26. The summed E-state index contributed by atoms with van der Waals surface area (Å²) in [5.74, 6) is -0.798. The minimum atomic E-state index is -0.861. The van der Waals surface area contributed by atoms with E-state index in [0.717, 1.165) is 13.1 Å². The summed E-state index contributed by atoms with van der Waals surface area (Å²) in [5.41, 5.74) is -0.861. The molecule has 0 spiro atoms. The Bertz CT molecular complexity index is 254. The van der Waals surface area contributed by atoms with E-state index >= 15 is 0 Å². The lowest BCUT2D eigenvalue weighted by molar-refractivity contribution is -0.144. The Morgan fingerprint density at radius 3 is 2.53 bits per heavy atom. The summed E-state index contributed by atoms with van der Waals surface area (Å²) >= 11 is 0. The van der Waals surface area contributed by atoms with Gasteiger partial charge in [-0.3, -0.25) is 4.79 Å². The molecule has 1 fully saturated rings. The summed E-state index contributed by atoms with van der Waals surface area (Å²) in [7, 11) is 3.68. The first-order chi connectivity index (χ1) is 7.98. The van der Waals surface area contributed by atoms with Crippen molar-refractivity contribution in [2.24, 2.45) is 0 Å². The van der Waals surface area contributed by atoms with Crippen LogP contribution in [-0.2, 0) is 4.79 Å². The largest absolute Gasteiger partial charge is 0.480 e. The Hall–Kier alpha value is -0.650. The second-order valence-corrected chi connectivity index (χ2v) is 5.17. The van der Waals surface area contributed by atoms with Gasteiger partial charge in [-0.1, -0.05) is 0 Å². The number of carboxylic acid groups (broad SMARTS) is 1. The number of carboxylic acids is 1. The maximum atomic E-state index is 11.1. The third-order valence-electron chi connectivity index (χ3n) is 3.61. The van der Waals surface area contributed by atoms with Crippen LogP contribution in [0.15, 0.2) is 0 Å². The molecule has 0 aromatic carbocycles. The van der Waals surface area contributed by atoms with Crippen molar-refractivity contribution in [1.29, 1.82) is 0 Å². The molecule has 0 aromatic rings. The average molecular weight is 243 g/mol. The molecule has 0 amide bonds. The number of nitrogens with zero attached hydrogens (tertiary/aromatic N) is 2. The monoisotopic (exact) mass is 243 g/mol. The van der Waals surface area contributed by atoms with Gasteiger partial charge in [0.25, 0.3) is 0 Å². The van der Waals surface area contributed by atoms with Crippen LogP contribution in [0.5, 0.6) is 0 Å². The average Bonchev–Trinajstić information content (AvgIpc) is 2.78. The first-order valence-corrected chi connectivity index (χ1v) is 6.31. The van der Waals surface area contributed by atoms with E-state index in [2.05, 4.69) is 15.1 Å². The van der Waals surface area contributed by atoms with Crippen molar-refractivity contribution in [3.05, 3.63) is 0 Å². The van der Waals surface area contributed by atoms with Gasteiger partial charge in [-0.2, -0.15) is 0 Å². The van der Waals surface area contributed by atoms with Gasteiger partial charge in [0.1, 0.15) is 5.54 Å². The molecule has 5 nitrogen and oxygen atoms in total. The van der Waals surface area contributed by atoms with Crippen LogP contribution < -0.4 is 5.32 Å². The third-order valence-corrected chi connectivity index (χ3v) is 3.61. The summed E-state index contributed by atoms with van der Waals surface area (Å²) < 4.78 is 0. The topological polar surface area (TPSA) is 55.8 Å². The maximum Gasteiger partial charge on any atom is 0.324 e. The standard InChI is InChI=1S/C12H25N3O2/c1-12(13-2,11(16)17)10-14(3)8-9-15-6-4-5-7-15/h13H,4-10H2,1-3H3,(H,16,17). The van der Waals surface area contributed by atoms with E-state index in [4.69, 9.17) is 5.11 Å². The van der Waals surface area contributed by atoms with E-state index in [1.807, 2.05) is 7.05 Å². The number of nitrogens with one attached hydrogen (secondary N) is 1. The summed E-state index contributed by atoms with van der Waals surface area (Å²) in [5, 5.41) is 12.0. The van der Waals surface area contributed by atoms with Gasteiger partial charge in [-0.05, 0) is 47.0 Å². The minimum absolute atomic E-state index is 0.521. The van der Waals surface area contributed by atoms with Gasteiger partial charge in [0.15, 0.2) is 0 Å². The quantitative estimate of drug-likeness (QED) is 0.663. The minimum Gasteiger partial charge on any atom is -0.480 e. The Morgan fingerprint density at radius 2 is 2.06 bits per heavy atom. The molecular formula is C12H25N3O2. The van der Waals surface area contributed by atoms with E-state index < -0.39 is 11.5 Å². The van der Waals surface area contributed by atoms with Crippen LogP contribution in [-0.4, -0.2) is 73.2 Å². The number of hydrogen-bond donors (Lipinski definition) is 2. The first kappa shape index (κ1) is 14.4. The van der Waals surface area contributed by atoms with Crippen LogP contribution in [0.4, 0.5) is 0 Å². The van der Waals surface area contributed by atoms with Gasteiger partial charge in [-0.15, -0.1) is 0 Å². The van der Waals surface area contributed by atoms with Crippen molar-refractivity contribution in [2.45, 2.75) is 25.3 Å². The Balaban J connectivity index is 2.31. The van der Waals surface area contributed by atoms with Crippen LogP contribution in [0.3, 0.4) is 0 Å². The van der Waals surface area contributed by atoms with Crippen molar-refractivity contribution in [2.75, 3.05) is 46.8 Å². The highest BCUT2D eigenvalue weighted by molar-refractivity contribution is 5.78. The zero-order valence-corrected chi connectivity index (χ0v) is 11.2. The van der Waals surface area contributed by atoms with E-state index in [1.54, 1.807) is 14.0 Å². The Morgan fingerprint density at radius 1 is 1.47 bits per heavy atom. The highest BCUT2D eigenvalue weighted by atomic mass is 16.4. The molecule has 0 bridgehead atoms. The molecule has 100 valence electrons. The maximum absolute atomic E-state index is 11.1. The molecule has 2 N–H and O–H groups in total. The lowest BCUT2D eigenvalue weighted by Gasteiger charge is -2.30. The summed E-state index contributed by atoms with van der Waals surface area (Å²) in [6, 6.07) is 0. The van der Waals surface area contributed by atoms with Gasteiger partial charge in [-0.25, -0.2) is 0 Å². The molecule has 5 heteroatoms. The predicted octanol–water partition coefficient (Wildman–Crippen LogP) is 0.0767. The van der Waals surface area contributed by atoms with Gasteiger partial charge < -0.3 is 20.2 Å². The highest BCUT2D eigenvalue weighted by Crippen LogP contribution is 2.08. The molecule has 17 heavy (non-hydrogen) atoms. The molecule has 0 aromatic heterocycles. The fourth-order valence-electron chi connectivity index (χ4n) is 2.19. The Kier molecular flexibility index (Phi) is 5.36. The zero-order chi connectivity index (χ0) is 12.9. The van der Waals surface area contributed by atoms with E-state index in [1.165, 1.54) is 25.9 Å². The molecule has 0 saturated carbocycles. The molecule has 0 radical (unpaired) electrons. The zero-order valence-electron chi connectivity index (χ0n) is 11.2. The molecule has 1 heterocycles. The molecule has 1 aliphatic rings. The second kappa shape index (κ2) is 6.33. The van der Waals surface area contributed by atoms with Gasteiger partial charge in [0, 0.05) is 19.6 Å². The van der Waals surface area contributed by atoms with Crippen LogP contribution in [0, 0.1) is 0 Å². The van der Waals surface area contributed by atoms with Gasteiger partial charge >= 0.3 is 5.97 Å². The van der Waals surface area contributed by atoms with Crippen molar-refractivity contribution >= 4 is 5.97 Å². The first-order valence-electron chi connectivity index (χ1n) is 6.31. The van der Waals surface area contributed by atoms with E-state index in [9.17, 15) is 4.79 Å². The van der Waals surface area contributed by atoms with Gasteiger partial charge in [0.05, 0.1) is 0 Å². The molecule has 1 rings (SSSR count). The van der Waals surface area contributed by atoms with E-state index in [-0.39, 0.29) is 0 Å². The van der Waals surface area contributed by atoms with Crippen molar-refractivity contribution in [1.82, 2.24) is 15.1 Å². The molecule has 1 atom stereocenters. The number of hydrogen-bond acceptors (Lipinski definition) is 4. The van der Waals surface area contributed by atoms with E-state index in [0.29, 0.717) is 6.54 Å². The molecule has 1 unspecified atom stereocenters. The SMILES string of the molecule is CNC(C)(CN(C)CCN1CCCC1)C(=O)O. The lowest BCUT2D eigenvalue weighted by Crippen LogP contribution is -2.55. The molecule has 1 aliphatic heterocycles. The second-order valence-electron chi connectivity index (χ2n) is 5.17. The van der Waals surface area contributed by atoms with Crippen molar-refractivity contribution in [3.63, 3.8) is 0 Å². The lowest BCUT2D eigenvalue weighted by atomic mass is 10.0. The smallest absolute Gasteiger partial charge is 0.324 e. The highest BCUT2D eigenvalue weighted by Gasteiger charge is 2.32. The molecule has 0 aliphatic carbocycles. The fraction of sp³-hybridized carbons (Fsp3) is 0.917. The van der Waals surface area contributed by atoms with Crippen LogP contribution >= 0.6 is 0 Å². The number of carbonyl (C=O) groups is 1. The number of rotatable bonds is 7. The van der Waals surface area contributed by atoms with Crippen molar-refractivity contribution < 1.29 is 9.90 Å². The van der Waals surface area contributed by atoms with Crippen LogP contribution in [0.1, 0.15) is 19.8 Å². The van der Waals surface area contributed by atoms with Gasteiger partial charge in [0.2, 0.25) is 0 Å². The number of likely N-dealkylation sites (N-methyl/N-ethyl adjacent to an activating group) is 2. The predicted molar refractivity (Wildman–Crippen MR) is 68.3 cm³/mol. The number of aliphatic carboxylic acids is 1. The normalized spacial score (nSPS) is 20.7. The molecular weight excluding hydrogens is 218 g/mol. The summed E-state index contributed by atoms with van der Waals surface area (Å²) in [6.07, 6.45) is 2.60. The Labute approximate surface area is 104 Å². The summed E-state index contributed by atoms with van der Waals surface area (Å²) in [6.45, 7) is 6.58. The summed E-state index contributed by atoms with van der Waals surface area (Å²) in [4.78, 5) is 15.7.